The van der Waals surface area contributed by atoms with Crippen molar-refractivity contribution in [2.75, 3.05) is 18.0 Å². The number of piperidine rings is 1. The van der Waals surface area contributed by atoms with E-state index in [4.69, 9.17) is 9.51 Å². The molecule has 4 heterocycles. The van der Waals surface area contributed by atoms with E-state index in [-0.39, 0.29) is 0 Å². The summed E-state index contributed by atoms with van der Waals surface area (Å²) in [6, 6.07) is 4.06. The molecule has 2 fully saturated rings. The molecule has 1 aliphatic heterocycles. The van der Waals surface area contributed by atoms with Gasteiger partial charge in [0.15, 0.2) is 5.82 Å². The van der Waals surface area contributed by atoms with Gasteiger partial charge in [-0.3, -0.25) is 0 Å². The number of aromatic nitrogens is 5. The molecule has 7 nitrogen and oxygen atoms in total. The van der Waals surface area contributed by atoms with Crippen LogP contribution in [0.4, 0.5) is 5.82 Å². The lowest BCUT2D eigenvalue weighted by Crippen LogP contribution is -2.36. The third-order valence-electron chi connectivity index (χ3n) is 5.53. The van der Waals surface area contributed by atoms with Crippen LogP contribution < -0.4 is 4.90 Å². The van der Waals surface area contributed by atoms with Gasteiger partial charge in [0, 0.05) is 44.1 Å². The molecule has 140 valence electrons. The van der Waals surface area contributed by atoms with Gasteiger partial charge in [-0.2, -0.15) is 4.98 Å². The Bertz CT molecular complexity index is 911. The number of imidazole rings is 1. The van der Waals surface area contributed by atoms with Crippen LogP contribution in [0.1, 0.15) is 43.3 Å². The first-order valence-electron chi connectivity index (χ1n) is 9.79. The minimum absolute atomic E-state index is 0.465. The molecule has 7 heteroatoms. The highest BCUT2D eigenvalue weighted by Crippen LogP contribution is 2.33. The summed E-state index contributed by atoms with van der Waals surface area (Å²) in [6.07, 6.45) is 11.0. The van der Waals surface area contributed by atoms with Gasteiger partial charge in [-0.05, 0) is 50.7 Å². The molecule has 0 bridgehead atoms. The van der Waals surface area contributed by atoms with E-state index in [1.54, 1.807) is 0 Å². The molecule has 1 aliphatic carbocycles. The molecule has 27 heavy (non-hydrogen) atoms. The Morgan fingerprint density at radius 3 is 2.85 bits per heavy atom. The Morgan fingerprint density at radius 2 is 2.11 bits per heavy atom. The molecule has 0 spiro atoms. The van der Waals surface area contributed by atoms with Gasteiger partial charge in [-0.25, -0.2) is 9.97 Å². The Balaban J connectivity index is 1.31. The second kappa shape index (κ2) is 6.79. The zero-order valence-corrected chi connectivity index (χ0v) is 15.6. The van der Waals surface area contributed by atoms with Crippen molar-refractivity contribution in [3.63, 3.8) is 0 Å². The highest BCUT2D eigenvalue weighted by atomic mass is 16.5. The summed E-state index contributed by atoms with van der Waals surface area (Å²) < 4.78 is 7.60. The first-order chi connectivity index (χ1) is 13.3. The second-order valence-corrected chi connectivity index (χ2v) is 7.72. The molecule has 3 aromatic rings. The van der Waals surface area contributed by atoms with Gasteiger partial charge in [-0.15, -0.1) is 0 Å². The number of hydrogen-bond donors (Lipinski definition) is 0. The van der Waals surface area contributed by atoms with Gasteiger partial charge < -0.3 is 14.0 Å². The number of hydrogen-bond acceptors (Lipinski definition) is 6. The number of aryl methyl sites for hydroxylation is 1. The molecule has 0 amide bonds. The average molecular weight is 364 g/mol. The van der Waals surface area contributed by atoms with Crippen molar-refractivity contribution < 1.29 is 4.52 Å². The monoisotopic (exact) mass is 364 g/mol. The fourth-order valence-corrected chi connectivity index (χ4v) is 3.92. The van der Waals surface area contributed by atoms with Gasteiger partial charge >= 0.3 is 0 Å². The highest BCUT2D eigenvalue weighted by Gasteiger charge is 2.28. The fraction of sp³-hybridized carbons (Fsp3) is 0.500. The summed E-state index contributed by atoms with van der Waals surface area (Å²) in [6.45, 7) is 4.94. The zero-order chi connectivity index (χ0) is 18.2. The van der Waals surface area contributed by atoms with Crippen molar-refractivity contribution in [2.45, 2.75) is 45.1 Å². The van der Waals surface area contributed by atoms with Crippen LogP contribution in [-0.2, 0) is 6.54 Å². The minimum Gasteiger partial charge on any atom is -0.356 e. The molecule has 1 saturated heterocycles. The van der Waals surface area contributed by atoms with Gasteiger partial charge in [0.2, 0.25) is 0 Å². The van der Waals surface area contributed by atoms with E-state index in [9.17, 15) is 0 Å². The maximum Gasteiger partial charge on any atom is 0.259 e. The molecule has 3 aromatic heterocycles. The van der Waals surface area contributed by atoms with Crippen LogP contribution in [0.3, 0.4) is 0 Å². The quantitative estimate of drug-likeness (QED) is 0.691. The predicted molar refractivity (Wildman–Crippen MR) is 101 cm³/mol. The topological polar surface area (TPSA) is 72.9 Å². The zero-order valence-electron chi connectivity index (χ0n) is 15.6. The molecule has 0 N–H and O–H groups in total. The van der Waals surface area contributed by atoms with Crippen LogP contribution in [-0.4, -0.2) is 37.8 Å². The smallest absolute Gasteiger partial charge is 0.259 e. The van der Waals surface area contributed by atoms with Crippen molar-refractivity contribution in [1.82, 2.24) is 24.7 Å². The van der Waals surface area contributed by atoms with Gasteiger partial charge in [0.05, 0.1) is 5.56 Å². The molecule has 0 radical (unpaired) electrons. The maximum absolute atomic E-state index is 5.23. The summed E-state index contributed by atoms with van der Waals surface area (Å²) in [5.74, 6) is 4.72. The molecule has 2 aliphatic rings. The van der Waals surface area contributed by atoms with Crippen molar-refractivity contribution in [3.05, 3.63) is 42.4 Å². The van der Waals surface area contributed by atoms with Crippen molar-refractivity contribution in [3.8, 4) is 11.5 Å². The van der Waals surface area contributed by atoms with E-state index in [2.05, 4.69) is 30.8 Å². The maximum atomic E-state index is 5.23. The van der Waals surface area contributed by atoms with Gasteiger partial charge in [0.25, 0.3) is 5.89 Å². The second-order valence-electron chi connectivity index (χ2n) is 7.72. The molecular weight excluding hydrogens is 340 g/mol. The van der Waals surface area contributed by atoms with E-state index < -0.39 is 0 Å². The fourth-order valence-electron chi connectivity index (χ4n) is 3.92. The summed E-state index contributed by atoms with van der Waals surface area (Å²) in [7, 11) is 0. The molecule has 5 rings (SSSR count). The SMILES string of the molecule is Cc1noc(-c2ccc(N3CCC[C@@H](c4nccn4CC4CC4)C3)nc2)n1. The Kier molecular flexibility index (Phi) is 4.14. The predicted octanol–water partition coefficient (Wildman–Crippen LogP) is 3.43. The molecule has 1 atom stereocenters. The van der Waals surface area contributed by atoms with Crippen LogP contribution >= 0.6 is 0 Å². The standard InChI is InChI=1S/C20H24N6O/c1-14-23-20(27-24-14)16-6-7-18(22-11-16)25-9-2-3-17(13-25)19-21-8-10-26(19)12-15-4-5-15/h6-8,10-11,15,17H,2-5,9,12-13H2,1H3/t17-/m1/s1. The Labute approximate surface area is 158 Å². The van der Waals surface area contributed by atoms with Crippen LogP contribution in [0.5, 0.6) is 0 Å². The summed E-state index contributed by atoms with van der Waals surface area (Å²) in [4.78, 5) is 16.0. The lowest BCUT2D eigenvalue weighted by atomic mass is 9.97. The number of pyridine rings is 1. The lowest BCUT2D eigenvalue weighted by Gasteiger charge is -2.33. The molecule has 0 unspecified atom stereocenters. The summed E-state index contributed by atoms with van der Waals surface area (Å²) >= 11 is 0. The molecular formula is C20H24N6O. The van der Waals surface area contributed by atoms with Crippen LogP contribution in [0.15, 0.2) is 35.2 Å². The lowest BCUT2D eigenvalue weighted by molar-refractivity contribution is 0.425. The van der Waals surface area contributed by atoms with E-state index in [0.717, 1.165) is 43.4 Å². The van der Waals surface area contributed by atoms with Crippen LogP contribution in [0, 0.1) is 12.8 Å². The third kappa shape index (κ3) is 3.46. The number of nitrogens with zero attached hydrogens (tertiary/aromatic N) is 6. The minimum atomic E-state index is 0.465. The first-order valence-corrected chi connectivity index (χ1v) is 9.79. The van der Waals surface area contributed by atoms with Crippen molar-refractivity contribution in [2.24, 2.45) is 5.92 Å². The van der Waals surface area contributed by atoms with E-state index in [1.165, 1.54) is 25.1 Å². The highest BCUT2D eigenvalue weighted by molar-refractivity contribution is 5.54. The van der Waals surface area contributed by atoms with Crippen LogP contribution in [0.25, 0.3) is 11.5 Å². The molecule has 0 aromatic carbocycles. The summed E-state index contributed by atoms with van der Waals surface area (Å²) in [5.41, 5.74) is 0.855. The number of rotatable bonds is 5. The number of anilines is 1. The Morgan fingerprint density at radius 1 is 1.19 bits per heavy atom. The largest absolute Gasteiger partial charge is 0.356 e. The van der Waals surface area contributed by atoms with Crippen molar-refractivity contribution >= 4 is 5.82 Å². The first kappa shape index (κ1) is 16.5. The Hall–Kier alpha value is -2.70. The third-order valence-corrected chi connectivity index (χ3v) is 5.53. The molecule has 1 saturated carbocycles. The average Bonchev–Trinajstić information content (AvgIpc) is 3.21. The van der Waals surface area contributed by atoms with Crippen molar-refractivity contribution in [1.29, 1.82) is 0 Å². The van der Waals surface area contributed by atoms with E-state index >= 15 is 0 Å². The van der Waals surface area contributed by atoms with Crippen LogP contribution in [0.2, 0.25) is 0 Å². The van der Waals surface area contributed by atoms with E-state index in [1.807, 2.05) is 31.5 Å². The summed E-state index contributed by atoms with van der Waals surface area (Å²) in [5, 5.41) is 3.84. The van der Waals surface area contributed by atoms with Gasteiger partial charge in [-0.1, -0.05) is 5.16 Å². The normalized spacial score (nSPS) is 20.2. The van der Waals surface area contributed by atoms with E-state index in [0.29, 0.717) is 17.6 Å². The van der Waals surface area contributed by atoms with Gasteiger partial charge in [0.1, 0.15) is 11.6 Å².